The Hall–Kier alpha value is -3.88. The number of nitrogens with one attached hydrogen (secondary N) is 1. The lowest BCUT2D eigenvalue weighted by atomic mass is 10.1. The number of rotatable bonds is 8. The molecule has 0 atom stereocenters. The van der Waals surface area contributed by atoms with Crippen molar-refractivity contribution in [2.75, 3.05) is 44.7 Å². The third-order valence-corrected chi connectivity index (χ3v) is 5.14. The fourth-order valence-corrected chi connectivity index (χ4v) is 3.23. The Bertz CT molecular complexity index is 969. The zero-order chi connectivity index (χ0) is 23.6. The molecular formula is C24H27N3O6. The van der Waals surface area contributed by atoms with Crippen molar-refractivity contribution < 1.29 is 28.7 Å². The molecule has 0 saturated carbocycles. The third kappa shape index (κ3) is 7.34. The molecule has 2 aromatic rings. The molecule has 0 spiro atoms. The number of nitrogens with zero attached hydrogens (tertiary/aromatic N) is 2. The first-order valence-electron chi connectivity index (χ1n) is 10.7. The lowest BCUT2D eigenvalue weighted by Gasteiger charge is -2.34. The summed E-state index contributed by atoms with van der Waals surface area (Å²) < 4.78 is 10.5. The summed E-state index contributed by atoms with van der Waals surface area (Å²) in [5, 5.41) is 2.82. The van der Waals surface area contributed by atoms with E-state index in [0.717, 1.165) is 0 Å². The van der Waals surface area contributed by atoms with Crippen LogP contribution in [0, 0.1) is 0 Å². The summed E-state index contributed by atoms with van der Waals surface area (Å²) in [6.45, 7) is 2.78. The molecule has 1 fully saturated rings. The number of anilines is 1. The van der Waals surface area contributed by atoms with Gasteiger partial charge in [-0.2, -0.15) is 0 Å². The van der Waals surface area contributed by atoms with Gasteiger partial charge in [0.25, 0.3) is 5.91 Å². The van der Waals surface area contributed by atoms with Gasteiger partial charge in [-0.3, -0.25) is 14.4 Å². The summed E-state index contributed by atoms with van der Waals surface area (Å²) in [5.74, 6) is -0.332. The maximum atomic E-state index is 12.3. The van der Waals surface area contributed by atoms with E-state index in [4.69, 9.17) is 9.47 Å². The Labute approximate surface area is 192 Å². The molecule has 3 rings (SSSR count). The second-order valence-corrected chi connectivity index (χ2v) is 7.50. The largest absolute Gasteiger partial charge is 0.493 e. The Morgan fingerprint density at radius 3 is 2.15 bits per heavy atom. The van der Waals surface area contributed by atoms with Gasteiger partial charge in [-0.1, -0.05) is 18.2 Å². The van der Waals surface area contributed by atoms with Crippen molar-refractivity contribution in [3.8, 4) is 5.75 Å². The molecular weight excluding hydrogens is 426 g/mol. The van der Waals surface area contributed by atoms with Crippen LogP contribution >= 0.6 is 0 Å². The molecule has 9 nitrogen and oxygen atoms in total. The highest BCUT2D eigenvalue weighted by atomic mass is 16.5. The standard InChI is InChI=1S/C24H27N3O6/c1-18(28)19-7-9-21(10-8-19)32-16-11-23(30)33-17-22(29)26-12-14-27(15-13-26)24(31)25-20-5-3-2-4-6-20/h2-10H,11-17H2,1H3,(H,25,31). The Morgan fingerprint density at radius 2 is 1.52 bits per heavy atom. The number of ether oxygens (including phenoxy) is 2. The molecule has 0 aromatic heterocycles. The second-order valence-electron chi connectivity index (χ2n) is 7.50. The van der Waals surface area contributed by atoms with Crippen LogP contribution in [0.4, 0.5) is 10.5 Å². The van der Waals surface area contributed by atoms with Crippen molar-refractivity contribution in [1.82, 2.24) is 9.80 Å². The van der Waals surface area contributed by atoms with Gasteiger partial charge >= 0.3 is 12.0 Å². The summed E-state index contributed by atoms with van der Waals surface area (Å²) >= 11 is 0. The number of ketones is 1. The number of benzene rings is 2. The summed E-state index contributed by atoms with van der Waals surface area (Å²) in [6, 6.07) is 15.6. The van der Waals surface area contributed by atoms with Crippen LogP contribution in [0.3, 0.4) is 0 Å². The number of hydrogen-bond donors (Lipinski definition) is 1. The average Bonchev–Trinajstić information content (AvgIpc) is 2.83. The molecule has 1 saturated heterocycles. The molecule has 174 valence electrons. The van der Waals surface area contributed by atoms with Gasteiger partial charge in [0.15, 0.2) is 12.4 Å². The number of amides is 3. The number of carbonyl (C=O) groups excluding carboxylic acids is 4. The fraction of sp³-hybridized carbons (Fsp3) is 0.333. The first-order chi connectivity index (χ1) is 15.9. The Kier molecular flexibility index (Phi) is 8.40. The molecule has 0 aliphatic carbocycles. The second kappa shape index (κ2) is 11.7. The Morgan fingerprint density at radius 1 is 0.879 bits per heavy atom. The summed E-state index contributed by atoms with van der Waals surface area (Å²) in [6.07, 6.45) is -0.00479. The summed E-state index contributed by atoms with van der Waals surface area (Å²) in [7, 11) is 0. The van der Waals surface area contributed by atoms with E-state index in [-0.39, 0.29) is 37.4 Å². The zero-order valence-electron chi connectivity index (χ0n) is 18.5. The van der Waals surface area contributed by atoms with Gasteiger partial charge in [0.2, 0.25) is 0 Å². The summed E-state index contributed by atoms with van der Waals surface area (Å²) in [5.41, 5.74) is 1.29. The predicted molar refractivity (Wildman–Crippen MR) is 121 cm³/mol. The van der Waals surface area contributed by atoms with Gasteiger partial charge < -0.3 is 24.6 Å². The van der Waals surface area contributed by atoms with Crippen LogP contribution < -0.4 is 10.1 Å². The van der Waals surface area contributed by atoms with Gasteiger partial charge in [-0.15, -0.1) is 0 Å². The molecule has 1 heterocycles. The Balaban J connectivity index is 1.31. The van der Waals surface area contributed by atoms with Crippen molar-refractivity contribution in [3.05, 3.63) is 60.2 Å². The lowest BCUT2D eigenvalue weighted by molar-refractivity contribution is -0.153. The highest BCUT2D eigenvalue weighted by Gasteiger charge is 2.24. The lowest BCUT2D eigenvalue weighted by Crippen LogP contribution is -2.52. The molecule has 0 unspecified atom stereocenters. The smallest absolute Gasteiger partial charge is 0.321 e. The van der Waals surface area contributed by atoms with Crippen LogP contribution in [0.5, 0.6) is 5.75 Å². The molecule has 1 aliphatic rings. The highest BCUT2D eigenvalue weighted by molar-refractivity contribution is 5.94. The normalized spacial score (nSPS) is 13.2. The van der Waals surface area contributed by atoms with Crippen molar-refractivity contribution in [3.63, 3.8) is 0 Å². The number of para-hydroxylation sites is 1. The van der Waals surface area contributed by atoms with E-state index < -0.39 is 5.97 Å². The van der Waals surface area contributed by atoms with Gasteiger partial charge in [-0.25, -0.2) is 4.79 Å². The van der Waals surface area contributed by atoms with Crippen LogP contribution in [-0.4, -0.2) is 72.9 Å². The average molecular weight is 453 g/mol. The number of Topliss-reactive ketones (excluding diaryl/α,β-unsaturated/α-hetero) is 1. The van der Waals surface area contributed by atoms with Gasteiger partial charge in [-0.05, 0) is 43.3 Å². The molecule has 0 bridgehead atoms. The minimum atomic E-state index is -0.537. The van der Waals surface area contributed by atoms with Crippen LogP contribution in [0.15, 0.2) is 54.6 Å². The number of piperazine rings is 1. The van der Waals surface area contributed by atoms with E-state index in [1.54, 1.807) is 46.2 Å². The molecule has 9 heteroatoms. The molecule has 33 heavy (non-hydrogen) atoms. The first-order valence-corrected chi connectivity index (χ1v) is 10.7. The van der Waals surface area contributed by atoms with Crippen LogP contribution in [0.2, 0.25) is 0 Å². The van der Waals surface area contributed by atoms with Crippen LogP contribution in [0.1, 0.15) is 23.7 Å². The maximum absolute atomic E-state index is 12.3. The number of hydrogen-bond acceptors (Lipinski definition) is 6. The zero-order valence-corrected chi connectivity index (χ0v) is 18.5. The topological polar surface area (TPSA) is 105 Å². The molecule has 0 radical (unpaired) electrons. The molecule has 1 aliphatic heterocycles. The molecule has 3 amide bonds. The fourth-order valence-electron chi connectivity index (χ4n) is 3.23. The maximum Gasteiger partial charge on any atom is 0.321 e. The quantitative estimate of drug-likeness (QED) is 0.487. The van der Waals surface area contributed by atoms with E-state index in [1.165, 1.54) is 6.92 Å². The van der Waals surface area contributed by atoms with E-state index in [9.17, 15) is 19.2 Å². The number of carbonyl (C=O) groups is 4. The third-order valence-electron chi connectivity index (χ3n) is 5.14. The monoisotopic (exact) mass is 453 g/mol. The van der Waals surface area contributed by atoms with Crippen LogP contribution in [-0.2, 0) is 14.3 Å². The van der Waals surface area contributed by atoms with Crippen molar-refractivity contribution >= 4 is 29.4 Å². The van der Waals surface area contributed by atoms with E-state index in [0.29, 0.717) is 43.2 Å². The van der Waals surface area contributed by atoms with E-state index in [2.05, 4.69) is 5.32 Å². The van der Waals surface area contributed by atoms with Crippen molar-refractivity contribution in [2.45, 2.75) is 13.3 Å². The molecule has 1 N–H and O–H groups in total. The van der Waals surface area contributed by atoms with Crippen LogP contribution in [0.25, 0.3) is 0 Å². The SMILES string of the molecule is CC(=O)c1ccc(OCCC(=O)OCC(=O)N2CCN(C(=O)Nc3ccccc3)CC2)cc1. The first kappa shape index (κ1) is 23.8. The number of urea groups is 1. The van der Waals surface area contributed by atoms with Gasteiger partial charge in [0, 0.05) is 37.4 Å². The number of esters is 1. The minimum absolute atomic E-state index is 0.00479. The van der Waals surface area contributed by atoms with Crippen molar-refractivity contribution in [2.24, 2.45) is 0 Å². The van der Waals surface area contributed by atoms with Crippen molar-refractivity contribution in [1.29, 1.82) is 0 Å². The highest BCUT2D eigenvalue weighted by Crippen LogP contribution is 2.13. The van der Waals surface area contributed by atoms with Gasteiger partial charge in [0.05, 0.1) is 13.0 Å². The predicted octanol–water partition coefficient (Wildman–Crippen LogP) is 2.58. The van der Waals surface area contributed by atoms with E-state index >= 15 is 0 Å². The van der Waals surface area contributed by atoms with E-state index in [1.807, 2.05) is 18.2 Å². The summed E-state index contributed by atoms with van der Waals surface area (Å²) in [4.78, 5) is 51.0. The van der Waals surface area contributed by atoms with Gasteiger partial charge in [0.1, 0.15) is 5.75 Å². The molecule has 2 aromatic carbocycles. The minimum Gasteiger partial charge on any atom is -0.493 e.